The number of furan rings is 1. The minimum Gasteiger partial charge on any atom is -0.493 e. The quantitative estimate of drug-likeness (QED) is 0.314. The summed E-state index contributed by atoms with van der Waals surface area (Å²) in [4.78, 5) is 12.8. The number of ether oxygens (including phenoxy) is 1. The highest BCUT2D eigenvalue weighted by Gasteiger charge is 2.17. The molecule has 1 fully saturated rings. The van der Waals surface area contributed by atoms with Gasteiger partial charge >= 0.3 is 0 Å². The van der Waals surface area contributed by atoms with E-state index >= 15 is 0 Å². The molecule has 32 heavy (non-hydrogen) atoms. The van der Waals surface area contributed by atoms with E-state index in [4.69, 9.17) is 20.8 Å². The Morgan fingerprint density at radius 3 is 2.56 bits per heavy atom. The summed E-state index contributed by atoms with van der Waals surface area (Å²) in [6, 6.07) is 11.9. The van der Waals surface area contributed by atoms with Gasteiger partial charge in [0.25, 0.3) is 0 Å². The maximum atomic E-state index is 12.8. The lowest BCUT2D eigenvalue weighted by molar-refractivity contribution is -0.117. The molecule has 1 aliphatic rings. The number of hydrogen-bond donors (Lipinski definition) is 1. The lowest BCUT2D eigenvalue weighted by atomic mass is 9.99. The van der Waals surface area contributed by atoms with E-state index in [-0.39, 0.29) is 11.9 Å². The number of carbonyl (C=O) groups is 1. The highest BCUT2D eigenvalue weighted by molar-refractivity contribution is 6.30. The number of fused-ring (bicyclic) bond motifs is 1. The lowest BCUT2D eigenvalue weighted by Gasteiger charge is -2.16. The molecular weight excluding hydrogens is 422 g/mol. The van der Waals surface area contributed by atoms with Gasteiger partial charge in [0.15, 0.2) is 0 Å². The molecule has 3 aromatic rings. The number of rotatable bonds is 6. The van der Waals surface area contributed by atoms with Gasteiger partial charge < -0.3 is 14.5 Å². The normalized spacial score (nSPS) is 15.5. The maximum absolute atomic E-state index is 12.8. The van der Waals surface area contributed by atoms with Crippen LogP contribution < -0.4 is 10.1 Å². The van der Waals surface area contributed by atoms with Crippen molar-refractivity contribution in [2.45, 2.75) is 58.4 Å². The van der Waals surface area contributed by atoms with Crippen molar-refractivity contribution in [3.63, 3.8) is 0 Å². The van der Waals surface area contributed by atoms with Crippen LogP contribution >= 0.6 is 11.6 Å². The number of halogens is 1. The van der Waals surface area contributed by atoms with Crippen molar-refractivity contribution in [2.24, 2.45) is 0 Å². The van der Waals surface area contributed by atoms with Crippen LogP contribution in [0.25, 0.3) is 27.7 Å². The van der Waals surface area contributed by atoms with E-state index in [2.05, 4.69) is 11.4 Å². The maximum Gasteiger partial charge on any atom is 0.244 e. The van der Waals surface area contributed by atoms with Crippen LogP contribution in [0.1, 0.15) is 57.9 Å². The van der Waals surface area contributed by atoms with E-state index in [1.165, 1.54) is 25.7 Å². The number of amides is 1. The molecule has 1 amide bonds. The molecule has 0 aliphatic heterocycles. The predicted octanol–water partition coefficient (Wildman–Crippen LogP) is 7.39. The molecule has 4 nitrogen and oxygen atoms in total. The Balaban J connectivity index is 1.66. The molecule has 168 valence electrons. The highest BCUT2D eigenvalue weighted by atomic mass is 35.5. The number of benzene rings is 2. The summed E-state index contributed by atoms with van der Waals surface area (Å²) in [6.45, 7) is 4.44. The predicted molar refractivity (Wildman–Crippen MR) is 131 cm³/mol. The highest BCUT2D eigenvalue weighted by Crippen LogP contribution is 2.37. The SMILES string of the molecule is CCOc1cc2occ(-c3ccc(Cl)cc3)c2cc1/C(C)=C/C(=O)NC1CCCCCC1. The summed E-state index contributed by atoms with van der Waals surface area (Å²) in [6.07, 6.45) is 10.5. The van der Waals surface area contributed by atoms with Crippen molar-refractivity contribution in [2.75, 3.05) is 6.61 Å². The Kier molecular flexibility index (Phi) is 7.21. The Bertz CT molecular complexity index is 1110. The molecule has 0 atom stereocenters. The van der Waals surface area contributed by atoms with Gasteiger partial charge in [-0.1, -0.05) is 49.4 Å². The smallest absolute Gasteiger partial charge is 0.244 e. The molecule has 5 heteroatoms. The zero-order valence-electron chi connectivity index (χ0n) is 18.7. The molecule has 0 spiro atoms. The summed E-state index contributed by atoms with van der Waals surface area (Å²) >= 11 is 6.06. The molecule has 1 saturated carbocycles. The molecule has 2 aromatic carbocycles. The van der Waals surface area contributed by atoms with Gasteiger partial charge in [0.2, 0.25) is 5.91 Å². The van der Waals surface area contributed by atoms with E-state index in [0.717, 1.165) is 46.1 Å². The third-order valence-electron chi connectivity index (χ3n) is 6.10. The Morgan fingerprint density at radius 1 is 1.16 bits per heavy atom. The van der Waals surface area contributed by atoms with Gasteiger partial charge in [0.05, 0.1) is 12.9 Å². The van der Waals surface area contributed by atoms with Crippen molar-refractivity contribution in [3.05, 3.63) is 59.3 Å². The van der Waals surface area contributed by atoms with E-state index in [9.17, 15) is 4.79 Å². The van der Waals surface area contributed by atoms with E-state index < -0.39 is 0 Å². The van der Waals surface area contributed by atoms with Gasteiger partial charge in [-0.05, 0) is 56.0 Å². The molecule has 1 N–H and O–H groups in total. The largest absolute Gasteiger partial charge is 0.493 e. The molecule has 1 aliphatic carbocycles. The first-order valence-corrected chi connectivity index (χ1v) is 11.9. The van der Waals surface area contributed by atoms with Crippen LogP contribution in [0.2, 0.25) is 5.02 Å². The van der Waals surface area contributed by atoms with Gasteiger partial charge in [-0.25, -0.2) is 0 Å². The third kappa shape index (κ3) is 5.18. The second-order valence-corrected chi connectivity index (χ2v) is 8.89. The molecule has 0 saturated heterocycles. The molecule has 4 rings (SSSR count). The van der Waals surface area contributed by atoms with Crippen molar-refractivity contribution in [1.82, 2.24) is 5.32 Å². The number of hydrogen-bond acceptors (Lipinski definition) is 3. The van der Waals surface area contributed by atoms with Crippen LogP contribution in [0.4, 0.5) is 0 Å². The van der Waals surface area contributed by atoms with Crippen LogP contribution in [-0.2, 0) is 4.79 Å². The summed E-state index contributed by atoms with van der Waals surface area (Å²) in [5.74, 6) is 0.676. The Labute approximate surface area is 194 Å². The van der Waals surface area contributed by atoms with Crippen LogP contribution in [-0.4, -0.2) is 18.6 Å². The zero-order valence-corrected chi connectivity index (χ0v) is 19.5. The summed E-state index contributed by atoms with van der Waals surface area (Å²) < 4.78 is 11.7. The minimum atomic E-state index is -0.0398. The zero-order chi connectivity index (χ0) is 22.5. The second kappa shape index (κ2) is 10.3. The first-order valence-electron chi connectivity index (χ1n) is 11.5. The monoisotopic (exact) mass is 451 g/mol. The Hall–Kier alpha value is -2.72. The van der Waals surface area contributed by atoms with Crippen LogP contribution in [0, 0.1) is 0 Å². The second-order valence-electron chi connectivity index (χ2n) is 8.46. The first-order chi connectivity index (χ1) is 15.5. The van der Waals surface area contributed by atoms with E-state index in [0.29, 0.717) is 17.4 Å². The van der Waals surface area contributed by atoms with Crippen LogP contribution in [0.5, 0.6) is 5.75 Å². The standard InChI is InChI=1S/C27H30ClNO3/c1-3-31-25-16-26-23(24(17-32-26)19-10-12-20(28)13-11-19)15-22(25)18(2)14-27(30)29-21-8-6-4-5-7-9-21/h10-17,21H,3-9H2,1-2H3,(H,29,30)/b18-14+. The number of allylic oxidation sites excluding steroid dienone is 1. The number of nitrogens with one attached hydrogen (secondary N) is 1. The van der Waals surface area contributed by atoms with Crippen molar-refractivity contribution in [3.8, 4) is 16.9 Å². The average Bonchev–Trinajstić information content (AvgIpc) is 3.01. The molecule has 1 heterocycles. The van der Waals surface area contributed by atoms with Crippen LogP contribution in [0.3, 0.4) is 0 Å². The fraction of sp³-hybridized carbons (Fsp3) is 0.370. The topological polar surface area (TPSA) is 51.5 Å². The molecule has 0 unspecified atom stereocenters. The Morgan fingerprint density at radius 2 is 1.88 bits per heavy atom. The van der Waals surface area contributed by atoms with Gasteiger partial charge in [-0.3, -0.25) is 4.79 Å². The molecule has 0 bridgehead atoms. The first kappa shape index (κ1) is 22.5. The molecular formula is C27H30ClNO3. The van der Waals surface area contributed by atoms with Gasteiger partial charge in [-0.15, -0.1) is 0 Å². The van der Waals surface area contributed by atoms with Gasteiger partial charge in [0.1, 0.15) is 11.3 Å². The van der Waals surface area contributed by atoms with Crippen molar-refractivity contribution < 1.29 is 13.9 Å². The molecule has 0 radical (unpaired) electrons. The van der Waals surface area contributed by atoms with Crippen molar-refractivity contribution in [1.29, 1.82) is 0 Å². The molecule has 1 aromatic heterocycles. The van der Waals surface area contributed by atoms with Gasteiger partial charge in [-0.2, -0.15) is 0 Å². The van der Waals surface area contributed by atoms with E-state index in [1.54, 1.807) is 12.3 Å². The van der Waals surface area contributed by atoms with Crippen LogP contribution in [0.15, 0.2) is 53.2 Å². The third-order valence-corrected chi connectivity index (χ3v) is 6.36. The van der Waals surface area contributed by atoms with E-state index in [1.807, 2.05) is 44.2 Å². The lowest BCUT2D eigenvalue weighted by Crippen LogP contribution is -2.33. The minimum absolute atomic E-state index is 0.0398. The van der Waals surface area contributed by atoms with Crippen molar-refractivity contribution >= 4 is 34.1 Å². The fourth-order valence-electron chi connectivity index (χ4n) is 4.43. The summed E-state index contributed by atoms with van der Waals surface area (Å²) in [5, 5.41) is 4.87. The summed E-state index contributed by atoms with van der Waals surface area (Å²) in [7, 11) is 0. The fourth-order valence-corrected chi connectivity index (χ4v) is 4.56. The van der Waals surface area contributed by atoms with Gasteiger partial charge in [0, 0.05) is 39.7 Å². The average molecular weight is 452 g/mol. The number of carbonyl (C=O) groups excluding carboxylic acids is 1. The summed E-state index contributed by atoms with van der Waals surface area (Å²) in [5.41, 5.74) is 4.52.